The molecule has 1 aliphatic rings. The number of aromatic nitrogens is 1. The summed E-state index contributed by atoms with van der Waals surface area (Å²) in [5.41, 5.74) is 2.57. The minimum absolute atomic E-state index is 0.00181. The van der Waals surface area contributed by atoms with Crippen molar-refractivity contribution in [3.8, 4) is 0 Å². The zero-order valence-electron chi connectivity index (χ0n) is 12.8. The maximum absolute atomic E-state index is 13.0. The van der Waals surface area contributed by atoms with Gasteiger partial charge in [-0.25, -0.2) is 0 Å². The van der Waals surface area contributed by atoms with E-state index < -0.39 is 0 Å². The Kier molecular flexibility index (Phi) is 3.19. The molecule has 3 heterocycles. The van der Waals surface area contributed by atoms with Crippen LogP contribution in [0.25, 0.3) is 0 Å². The number of carbonyl (C=O) groups excluding carboxylic acids is 1. The van der Waals surface area contributed by atoms with Gasteiger partial charge in [0, 0.05) is 18.9 Å². The fourth-order valence-electron chi connectivity index (χ4n) is 3.02. The van der Waals surface area contributed by atoms with Gasteiger partial charge in [0.25, 0.3) is 5.91 Å². The number of benzene rings is 1. The van der Waals surface area contributed by atoms with Gasteiger partial charge >= 0.3 is 0 Å². The molecule has 4 rings (SSSR count). The molecule has 23 heavy (non-hydrogen) atoms. The zero-order chi connectivity index (χ0) is 15.8. The van der Waals surface area contributed by atoms with E-state index in [1.807, 2.05) is 66.3 Å². The number of anilines is 1. The molecule has 5 nitrogen and oxygen atoms in total. The van der Waals surface area contributed by atoms with Crippen LogP contribution in [0.5, 0.6) is 0 Å². The maximum Gasteiger partial charge on any atom is 0.258 e. The maximum atomic E-state index is 13.0. The number of fused-ring (bicyclic) bond motifs is 1. The molecule has 116 valence electrons. The number of hydrogen-bond acceptors (Lipinski definition) is 3. The van der Waals surface area contributed by atoms with Gasteiger partial charge in [-0.2, -0.15) is 0 Å². The molecule has 0 bridgehead atoms. The second kappa shape index (κ2) is 5.35. The quantitative estimate of drug-likeness (QED) is 0.807. The van der Waals surface area contributed by atoms with Crippen LogP contribution >= 0.6 is 0 Å². The Hall–Kier alpha value is -2.95. The van der Waals surface area contributed by atoms with Crippen LogP contribution in [-0.4, -0.2) is 15.4 Å². The van der Waals surface area contributed by atoms with Crippen LogP contribution in [-0.2, 0) is 13.6 Å². The van der Waals surface area contributed by atoms with Gasteiger partial charge < -0.3 is 19.2 Å². The largest absolute Gasteiger partial charge is 0.467 e. The standard InChI is InChI=1S/C18H17N3O2/c1-20-10-4-9-16(20)17-19-15-8-3-2-7-14(15)18(22)21(17)12-13-6-5-11-23-13/h2-11,17,19H,12H2,1H3. The Bertz CT molecular complexity index is 836. The summed E-state index contributed by atoms with van der Waals surface area (Å²) in [7, 11) is 1.98. The lowest BCUT2D eigenvalue weighted by molar-refractivity contribution is 0.0645. The highest BCUT2D eigenvalue weighted by Gasteiger charge is 2.34. The van der Waals surface area contributed by atoms with E-state index in [9.17, 15) is 4.79 Å². The molecule has 5 heteroatoms. The van der Waals surface area contributed by atoms with Crippen molar-refractivity contribution < 1.29 is 9.21 Å². The normalized spacial score (nSPS) is 17.0. The summed E-state index contributed by atoms with van der Waals surface area (Å²) in [6.45, 7) is 0.420. The Morgan fingerprint density at radius 2 is 2.00 bits per heavy atom. The first-order valence-corrected chi connectivity index (χ1v) is 7.54. The van der Waals surface area contributed by atoms with Gasteiger partial charge in [0.15, 0.2) is 0 Å². The molecule has 0 aliphatic carbocycles. The summed E-state index contributed by atoms with van der Waals surface area (Å²) in [4.78, 5) is 14.8. The van der Waals surface area contributed by atoms with E-state index >= 15 is 0 Å². The van der Waals surface area contributed by atoms with E-state index in [0.717, 1.165) is 17.1 Å². The minimum atomic E-state index is -0.234. The number of nitrogens with one attached hydrogen (secondary N) is 1. The molecule has 0 radical (unpaired) electrons. The van der Waals surface area contributed by atoms with Crippen molar-refractivity contribution in [1.82, 2.24) is 9.47 Å². The lowest BCUT2D eigenvalue weighted by Gasteiger charge is -2.37. The molecule has 1 amide bonds. The second-order valence-electron chi connectivity index (χ2n) is 5.65. The molecule has 0 saturated carbocycles. The zero-order valence-corrected chi connectivity index (χ0v) is 12.8. The summed E-state index contributed by atoms with van der Waals surface area (Å²) in [6, 6.07) is 15.3. The first-order valence-electron chi connectivity index (χ1n) is 7.54. The third-order valence-corrected chi connectivity index (χ3v) is 4.19. The van der Waals surface area contributed by atoms with E-state index in [0.29, 0.717) is 12.1 Å². The predicted molar refractivity (Wildman–Crippen MR) is 86.8 cm³/mol. The van der Waals surface area contributed by atoms with Crippen molar-refractivity contribution in [2.75, 3.05) is 5.32 Å². The minimum Gasteiger partial charge on any atom is -0.467 e. The highest BCUT2D eigenvalue weighted by atomic mass is 16.3. The molecular weight excluding hydrogens is 290 g/mol. The molecule has 0 fully saturated rings. The van der Waals surface area contributed by atoms with Crippen LogP contribution < -0.4 is 5.32 Å². The van der Waals surface area contributed by atoms with Gasteiger partial charge in [0.05, 0.1) is 24.1 Å². The molecule has 1 aliphatic heterocycles. The van der Waals surface area contributed by atoms with Crippen molar-refractivity contribution in [3.05, 3.63) is 78.0 Å². The molecule has 1 aromatic carbocycles. The van der Waals surface area contributed by atoms with Crippen LogP contribution in [0.4, 0.5) is 5.69 Å². The lowest BCUT2D eigenvalue weighted by atomic mass is 10.1. The number of furan rings is 1. The Labute approximate surface area is 134 Å². The summed E-state index contributed by atoms with van der Waals surface area (Å²) >= 11 is 0. The van der Waals surface area contributed by atoms with Crippen molar-refractivity contribution >= 4 is 11.6 Å². The van der Waals surface area contributed by atoms with E-state index in [-0.39, 0.29) is 12.1 Å². The van der Waals surface area contributed by atoms with Crippen LogP contribution in [0.1, 0.15) is 28.0 Å². The predicted octanol–water partition coefficient (Wildman–Crippen LogP) is 3.38. The first kappa shape index (κ1) is 13.7. The van der Waals surface area contributed by atoms with Gasteiger partial charge in [-0.1, -0.05) is 12.1 Å². The molecule has 3 aromatic rings. The smallest absolute Gasteiger partial charge is 0.258 e. The summed E-state index contributed by atoms with van der Waals surface area (Å²) in [5, 5.41) is 3.48. The monoisotopic (exact) mass is 307 g/mol. The number of carbonyl (C=O) groups is 1. The van der Waals surface area contributed by atoms with Crippen LogP contribution in [0.15, 0.2) is 65.4 Å². The number of nitrogens with zero attached hydrogens (tertiary/aromatic N) is 2. The van der Waals surface area contributed by atoms with Gasteiger partial charge in [0.2, 0.25) is 0 Å². The summed E-state index contributed by atoms with van der Waals surface area (Å²) in [5.74, 6) is 0.765. The third-order valence-electron chi connectivity index (χ3n) is 4.19. The van der Waals surface area contributed by atoms with E-state index in [4.69, 9.17) is 4.42 Å². The number of amides is 1. The first-order chi connectivity index (χ1) is 11.2. The second-order valence-corrected chi connectivity index (χ2v) is 5.65. The van der Waals surface area contributed by atoms with Gasteiger partial charge in [-0.3, -0.25) is 4.79 Å². The van der Waals surface area contributed by atoms with Crippen LogP contribution in [0, 0.1) is 0 Å². The fraction of sp³-hybridized carbons (Fsp3) is 0.167. The third kappa shape index (κ3) is 2.30. The number of rotatable bonds is 3. The van der Waals surface area contributed by atoms with E-state index in [1.54, 1.807) is 11.2 Å². The van der Waals surface area contributed by atoms with Gasteiger partial charge in [-0.15, -0.1) is 0 Å². The average molecular weight is 307 g/mol. The molecule has 0 saturated heterocycles. The van der Waals surface area contributed by atoms with Gasteiger partial charge in [-0.05, 0) is 36.4 Å². The average Bonchev–Trinajstić information content (AvgIpc) is 3.22. The van der Waals surface area contributed by atoms with Crippen molar-refractivity contribution in [2.24, 2.45) is 7.05 Å². The summed E-state index contributed by atoms with van der Waals surface area (Å²) < 4.78 is 7.46. The molecule has 0 spiro atoms. The highest BCUT2D eigenvalue weighted by Crippen LogP contribution is 2.34. The van der Waals surface area contributed by atoms with Crippen molar-refractivity contribution in [1.29, 1.82) is 0 Å². The summed E-state index contributed by atoms with van der Waals surface area (Å²) in [6.07, 6.45) is 3.37. The topological polar surface area (TPSA) is 50.4 Å². The van der Waals surface area contributed by atoms with Crippen LogP contribution in [0.2, 0.25) is 0 Å². The number of aryl methyl sites for hydroxylation is 1. The molecule has 2 aromatic heterocycles. The van der Waals surface area contributed by atoms with Gasteiger partial charge in [0.1, 0.15) is 11.9 Å². The molecule has 1 unspecified atom stereocenters. The Morgan fingerprint density at radius 1 is 1.13 bits per heavy atom. The fourth-order valence-corrected chi connectivity index (χ4v) is 3.02. The highest BCUT2D eigenvalue weighted by molar-refractivity contribution is 6.01. The number of para-hydroxylation sites is 1. The Morgan fingerprint density at radius 3 is 2.74 bits per heavy atom. The molecule has 1 atom stereocenters. The van der Waals surface area contributed by atoms with E-state index in [2.05, 4.69) is 5.32 Å². The molecular formula is C18H17N3O2. The number of hydrogen-bond donors (Lipinski definition) is 1. The SMILES string of the molecule is Cn1cccc1C1Nc2ccccc2C(=O)N1Cc1ccco1. The molecule has 1 N–H and O–H groups in total. The van der Waals surface area contributed by atoms with Crippen molar-refractivity contribution in [2.45, 2.75) is 12.7 Å². The van der Waals surface area contributed by atoms with E-state index in [1.165, 1.54) is 0 Å². The Balaban J connectivity index is 1.78. The lowest BCUT2D eigenvalue weighted by Crippen LogP contribution is -2.43. The van der Waals surface area contributed by atoms with Crippen LogP contribution in [0.3, 0.4) is 0 Å². The van der Waals surface area contributed by atoms with Crippen molar-refractivity contribution in [3.63, 3.8) is 0 Å².